The second-order valence-electron chi connectivity index (χ2n) is 11.8. The smallest absolute Gasteiger partial charge is 0.323 e. The van der Waals surface area contributed by atoms with Crippen LogP contribution in [0.1, 0.15) is 62.2 Å². The van der Waals surface area contributed by atoms with Crippen molar-refractivity contribution in [1.29, 1.82) is 0 Å². The number of rotatable bonds is 6. The van der Waals surface area contributed by atoms with Crippen LogP contribution in [0.25, 0.3) is 0 Å². The zero-order chi connectivity index (χ0) is 25.8. The maximum Gasteiger partial charge on any atom is 0.417 e. The quantitative estimate of drug-likeness (QED) is 0.580. The highest BCUT2D eigenvalue weighted by molar-refractivity contribution is 5.77. The number of amides is 2. The molecule has 200 valence electrons. The van der Waals surface area contributed by atoms with Gasteiger partial charge in [0.05, 0.1) is 17.3 Å². The van der Waals surface area contributed by atoms with Crippen LogP contribution in [0.2, 0.25) is 0 Å². The minimum atomic E-state index is -4.36. The molecular weight excluding hydrogens is 483 g/mol. The lowest BCUT2D eigenvalue weighted by Gasteiger charge is -2.60. The Labute approximate surface area is 214 Å². The molecule has 3 saturated heterocycles. The van der Waals surface area contributed by atoms with Gasteiger partial charge in [-0.05, 0) is 44.4 Å². The van der Waals surface area contributed by atoms with Gasteiger partial charge < -0.3 is 9.80 Å². The van der Waals surface area contributed by atoms with E-state index in [2.05, 4.69) is 26.9 Å². The lowest BCUT2D eigenvalue weighted by Crippen LogP contribution is -2.69. The molecule has 0 unspecified atom stereocenters. The topological polar surface area (TPSA) is 70.4 Å². The third-order valence-electron chi connectivity index (χ3n) is 8.72. The third-order valence-corrected chi connectivity index (χ3v) is 8.72. The highest BCUT2D eigenvalue weighted by Gasteiger charge is 2.57. The van der Waals surface area contributed by atoms with Crippen LogP contribution in [0.3, 0.4) is 0 Å². The van der Waals surface area contributed by atoms with Crippen molar-refractivity contribution >= 4 is 6.03 Å². The Bertz CT molecular complexity index is 1130. The monoisotopic (exact) mass is 517 g/mol. The Morgan fingerprint density at radius 1 is 1.05 bits per heavy atom. The zero-order valence-corrected chi connectivity index (χ0v) is 21.3. The molecule has 8 nitrogen and oxygen atoms in total. The summed E-state index contributed by atoms with van der Waals surface area (Å²) in [4.78, 5) is 27.7. The number of hydrogen-bond acceptors (Lipinski definition) is 5. The summed E-state index contributed by atoms with van der Waals surface area (Å²) in [7, 11) is 0. The van der Waals surface area contributed by atoms with Gasteiger partial charge in [-0.1, -0.05) is 13.3 Å². The van der Waals surface area contributed by atoms with E-state index in [4.69, 9.17) is 0 Å². The SMILES string of the molecule is CCCCc1ncn(C2CC3(C2)CN(C(=O)N2CC4(CCN(Cc5ccc(C(F)(F)F)cn5)C4)C2)C3)n1. The van der Waals surface area contributed by atoms with E-state index in [0.29, 0.717) is 18.3 Å². The summed E-state index contributed by atoms with van der Waals surface area (Å²) in [6.45, 7) is 7.61. The molecule has 1 aliphatic carbocycles. The van der Waals surface area contributed by atoms with Crippen LogP contribution in [-0.2, 0) is 19.1 Å². The van der Waals surface area contributed by atoms with E-state index < -0.39 is 11.7 Å². The van der Waals surface area contributed by atoms with Gasteiger partial charge in [0.15, 0.2) is 5.82 Å². The molecule has 4 fully saturated rings. The van der Waals surface area contributed by atoms with Crippen LogP contribution >= 0.6 is 0 Å². The van der Waals surface area contributed by atoms with Gasteiger partial charge in [-0.3, -0.25) is 9.88 Å². The van der Waals surface area contributed by atoms with E-state index in [1.54, 1.807) is 0 Å². The molecule has 0 atom stereocenters. The van der Waals surface area contributed by atoms with Gasteiger partial charge in [-0.2, -0.15) is 18.3 Å². The normalized spacial score (nSPS) is 22.8. The van der Waals surface area contributed by atoms with E-state index in [1.165, 1.54) is 6.07 Å². The predicted molar refractivity (Wildman–Crippen MR) is 129 cm³/mol. The van der Waals surface area contributed by atoms with Crippen molar-refractivity contribution in [3.8, 4) is 0 Å². The number of aryl methyl sites for hydroxylation is 1. The van der Waals surface area contributed by atoms with Crippen LogP contribution in [0, 0.1) is 10.8 Å². The summed E-state index contributed by atoms with van der Waals surface area (Å²) in [5.74, 6) is 0.932. The molecule has 37 heavy (non-hydrogen) atoms. The number of carbonyl (C=O) groups excluding carboxylic acids is 1. The highest BCUT2D eigenvalue weighted by atomic mass is 19.4. The zero-order valence-electron chi connectivity index (χ0n) is 21.3. The first kappa shape index (κ1) is 24.6. The van der Waals surface area contributed by atoms with Crippen LogP contribution in [0.5, 0.6) is 0 Å². The van der Waals surface area contributed by atoms with Crippen molar-refractivity contribution in [2.24, 2.45) is 10.8 Å². The second-order valence-corrected chi connectivity index (χ2v) is 11.8. The molecule has 5 heterocycles. The molecule has 11 heteroatoms. The first-order valence-electron chi connectivity index (χ1n) is 13.3. The molecule has 2 spiro atoms. The largest absolute Gasteiger partial charge is 0.417 e. The van der Waals surface area contributed by atoms with Gasteiger partial charge in [0.2, 0.25) is 0 Å². The molecule has 0 bridgehead atoms. The van der Waals surface area contributed by atoms with Crippen molar-refractivity contribution < 1.29 is 18.0 Å². The molecule has 3 aliphatic heterocycles. The van der Waals surface area contributed by atoms with E-state index in [9.17, 15) is 18.0 Å². The van der Waals surface area contributed by atoms with Gasteiger partial charge >= 0.3 is 12.2 Å². The fourth-order valence-corrected chi connectivity index (χ4v) is 6.65. The Balaban J connectivity index is 0.930. The number of hydrogen-bond donors (Lipinski definition) is 0. The lowest BCUT2D eigenvalue weighted by molar-refractivity contribution is -0.137. The van der Waals surface area contributed by atoms with Gasteiger partial charge in [0, 0.05) is 62.7 Å². The number of aromatic nitrogens is 4. The molecule has 6 rings (SSSR count). The van der Waals surface area contributed by atoms with Crippen molar-refractivity contribution in [2.45, 2.75) is 64.2 Å². The predicted octanol–water partition coefficient (Wildman–Crippen LogP) is 4.00. The summed E-state index contributed by atoms with van der Waals surface area (Å²) in [6, 6.07) is 3.10. The first-order valence-corrected chi connectivity index (χ1v) is 13.3. The van der Waals surface area contributed by atoms with Crippen molar-refractivity contribution in [3.05, 3.63) is 41.7 Å². The van der Waals surface area contributed by atoms with E-state index >= 15 is 0 Å². The van der Waals surface area contributed by atoms with Gasteiger partial charge in [0.25, 0.3) is 0 Å². The number of alkyl halides is 3. The fourth-order valence-electron chi connectivity index (χ4n) is 6.65. The fraction of sp³-hybridized carbons (Fsp3) is 0.692. The number of pyridine rings is 1. The molecular formula is C26H34F3N7O. The number of halogens is 3. The minimum Gasteiger partial charge on any atom is -0.323 e. The summed E-state index contributed by atoms with van der Waals surface area (Å²) in [5.41, 5.74) is 0.276. The van der Waals surface area contributed by atoms with E-state index in [-0.39, 0.29) is 16.9 Å². The highest BCUT2D eigenvalue weighted by Crippen LogP contribution is 2.54. The molecule has 1 saturated carbocycles. The average molecular weight is 518 g/mol. The lowest BCUT2D eigenvalue weighted by atomic mass is 9.60. The molecule has 0 N–H and O–H groups in total. The molecule has 0 aromatic carbocycles. The summed E-state index contributed by atoms with van der Waals surface area (Å²) in [5, 5.41) is 4.65. The number of likely N-dealkylation sites (tertiary alicyclic amines) is 3. The Kier molecular flexibility index (Phi) is 5.96. The van der Waals surface area contributed by atoms with Gasteiger partial charge in [0.1, 0.15) is 6.33 Å². The Morgan fingerprint density at radius 3 is 2.43 bits per heavy atom. The maximum atomic E-state index is 13.0. The molecule has 2 amide bonds. The van der Waals surface area contributed by atoms with E-state index in [0.717, 1.165) is 95.9 Å². The molecule has 0 radical (unpaired) electrons. The maximum absolute atomic E-state index is 13.0. The number of urea groups is 1. The third kappa shape index (κ3) is 4.70. The molecule has 2 aromatic rings. The van der Waals surface area contributed by atoms with Crippen molar-refractivity contribution in [3.63, 3.8) is 0 Å². The standard InChI is InChI=1S/C26H34F3N7O/c1-2-3-4-22-31-18-36(32-22)21-9-25(10-21)16-35(17-25)23(37)34-14-24(15-34)7-8-33(13-24)12-20-6-5-19(11-30-20)26(27,28)29/h5-6,11,18,21H,2-4,7-10,12-17H2,1H3. The van der Waals surface area contributed by atoms with E-state index in [1.807, 2.05) is 20.8 Å². The minimum absolute atomic E-state index is 0.105. The Hall–Kier alpha value is -2.69. The first-order chi connectivity index (χ1) is 17.7. The molecule has 2 aromatic heterocycles. The summed E-state index contributed by atoms with van der Waals surface area (Å²) < 4.78 is 40.3. The van der Waals surface area contributed by atoms with Gasteiger partial charge in [-0.25, -0.2) is 14.5 Å². The van der Waals surface area contributed by atoms with Crippen LogP contribution in [-0.4, -0.2) is 79.7 Å². The Morgan fingerprint density at radius 2 is 1.78 bits per heavy atom. The van der Waals surface area contributed by atoms with Crippen molar-refractivity contribution in [1.82, 2.24) is 34.4 Å². The van der Waals surface area contributed by atoms with Crippen LogP contribution < -0.4 is 0 Å². The number of unbranched alkanes of at least 4 members (excludes halogenated alkanes) is 1. The van der Waals surface area contributed by atoms with Crippen molar-refractivity contribution in [2.75, 3.05) is 39.3 Å². The van der Waals surface area contributed by atoms with Crippen LogP contribution in [0.15, 0.2) is 24.7 Å². The number of carbonyl (C=O) groups is 1. The number of nitrogens with zero attached hydrogens (tertiary/aromatic N) is 7. The molecule has 4 aliphatic rings. The summed E-state index contributed by atoms with van der Waals surface area (Å²) >= 11 is 0. The van der Waals surface area contributed by atoms with Crippen LogP contribution in [0.4, 0.5) is 18.0 Å². The summed E-state index contributed by atoms with van der Waals surface area (Å²) in [6.07, 6.45) is 4.72. The second kappa shape index (κ2) is 8.96. The average Bonchev–Trinajstić information content (AvgIpc) is 3.42. The van der Waals surface area contributed by atoms with Gasteiger partial charge in [-0.15, -0.1) is 0 Å².